The number of likely N-dealkylation sites (N-methyl/N-ethyl adjacent to an activating group) is 1. The lowest BCUT2D eigenvalue weighted by Crippen LogP contribution is -2.30. The molecule has 23 heavy (non-hydrogen) atoms. The standard InChI is InChI=1S/C19H28N4/c1-4-6-18-15(5-2)7-8-19-17(21-14-23(18)19)10-12-22-11-9-16(13-22)20-3/h4-6,14,16,20H,2,7-13H2,1,3H3/b6-4-/t16-/m0/s1. The first-order valence-corrected chi connectivity index (χ1v) is 8.70. The van der Waals surface area contributed by atoms with Crippen molar-refractivity contribution in [3.63, 3.8) is 0 Å². The number of aromatic nitrogens is 2. The molecular formula is C19H28N4. The van der Waals surface area contributed by atoms with Crippen molar-refractivity contribution in [2.24, 2.45) is 0 Å². The van der Waals surface area contributed by atoms with Crippen LogP contribution in [0.4, 0.5) is 0 Å². The van der Waals surface area contributed by atoms with E-state index in [-0.39, 0.29) is 0 Å². The van der Waals surface area contributed by atoms with E-state index in [9.17, 15) is 0 Å². The predicted molar refractivity (Wildman–Crippen MR) is 96.4 cm³/mol. The molecule has 4 heteroatoms. The van der Waals surface area contributed by atoms with Gasteiger partial charge in [0.25, 0.3) is 0 Å². The van der Waals surface area contributed by atoms with Crippen molar-refractivity contribution < 1.29 is 0 Å². The van der Waals surface area contributed by atoms with Gasteiger partial charge in [-0.1, -0.05) is 18.7 Å². The molecule has 1 fully saturated rings. The summed E-state index contributed by atoms with van der Waals surface area (Å²) in [5.74, 6) is 0. The van der Waals surface area contributed by atoms with Crippen LogP contribution in [0.15, 0.2) is 36.7 Å². The van der Waals surface area contributed by atoms with E-state index in [1.165, 1.54) is 35.6 Å². The fourth-order valence-corrected chi connectivity index (χ4v) is 3.71. The minimum atomic E-state index is 0.658. The summed E-state index contributed by atoms with van der Waals surface area (Å²) in [6, 6.07) is 0.658. The highest BCUT2D eigenvalue weighted by Gasteiger charge is 2.23. The summed E-state index contributed by atoms with van der Waals surface area (Å²) in [5.41, 5.74) is 5.20. The zero-order chi connectivity index (χ0) is 16.2. The van der Waals surface area contributed by atoms with Gasteiger partial charge in [-0.05, 0) is 51.4 Å². The molecule has 1 N–H and O–H groups in total. The first-order chi connectivity index (χ1) is 11.3. The first-order valence-electron chi connectivity index (χ1n) is 8.70. The van der Waals surface area contributed by atoms with Crippen molar-refractivity contribution in [2.75, 3.05) is 26.7 Å². The molecule has 3 heterocycles. The molecule has 0 radical (unpaired) electrons. The van der Waals surface area contributed by atoms with Gasteiger partial charge in [0.15, 0.2) is 0 Å². The van der Waals surface area contributed by atoms with E-state index in [0.29, 0.717) is 6.04 Å². The van der Waals surface area contributed by atoms with E-state index < -0.39 is 0 Å². The predicted octanol–water partition coefficient (Wildman–Crippen LogP) is 2.64. The molecule has 4 nitrogen and oxygen atoms in total. The van der Waals surface area contributed by atoms with Crippen molar-refractivity contribution in [1.29, 1.82) is 0 Å². The molecule has 0 aliphatic carbocycles. The summed E-state index contributed by atoms with van der Waals surface area (Å²) < 4.78 is 2.26. The molecule has 0 unspecified atom stereocenters. The van der Waals surface area contributed by atoms with Crippen LogP contribution in [0.25, 0.3) is 5.70 Å². The summed E-state index contributed by atoms with van der Waals surface area (Å²) in [6.45, 7) is 9.50. The van der Waals surface area contributed by atoms with Gasteiger partial charge in [-0.15, -0.1) is 0 Å². The van der Waals surface area contributed by atoms with E-state index in [1.54, 1.807) is 0 Å². The third-order valence-corrected chi connectivity index (χ3v) is 5.09. The van der Waals surface area contributed by atoms with E-state index in [4.69, 9.17) is 4.98 Å². The minimum Gasteiger partial charge on any atom is -0.316 e. The Kier molecular flexibility index (Phi) is 5.13. The number of fused-ring (bicyclic) bond motifs is 1. The maximum atomic E-state index is 4.72. The molecule has 0 bridgehead atoms. The second-order valence-electron chi connectivity index (χ2n) is 6.45. The molecule has 1 aromatic heterocycles. The molecule has 124 valence electrons. The van der Waals surface area contributed by atoms with E-state index in [1.807, 2.05) is 12.4 Å². The normalized spacial score (nSPS) is 22.1. The minimum absolute atomic E-state index is 0.658. The lowest BCUT2D eigenvalue weighted by Gasteiger charge is -2.21. The lowest BCUT2D eigenvalue weighted by molar-refractivity contribution is 0.333. The average molecular weight is 312 g/mol. The largest absolute Gasteiger partial charge is 0.316 e. The van der Waals surface area contributed by atoms with Gasteiger partial charge in [-0.2, -0.15) is 0 Å². The summed E-state index contributed by atoms with van der Waals surface area (Å²) >= 11 is 0. The Morgan fingerprint density at radius 1 is 1.43 bits per heavy atom. The molecule has 2 aliphatic rings. The third kappa shape index (κ3) is 3.33. The Balaban J connectivity index is 1.72. The Labute approximate surface area is 139 Å². The van der Waals surface area contributed by atoms with Crippen LogP contribution in [0.3, 0.4) is 0 Å². The van der Waals surface area contributed by atoms with Gasteiger partial charge < -0.3 is 14.8 Å². The SMILES string of the molecule is C=CC1=C(/C=C\C)n2cnc(CCN3CC[C@H](NC)C3)c2CC1. The maximum Gasteiger partial charge on any atom is 0.0997 e. The first kappa shape index (κ1) is 16.2. The van der Waals surface area contributed by atoms with Gasteiger partial charge in [0.05, 0.1) is 12.0 Å². The maximum absolute atomic E-state index is 4.72. The van der Waals surface area contributed by atoms with Crippen LogP contribution in [-0.2, 0) is 12.8 Å². The van der Waals surface area contributed by atoms with Crippen LogP contribution in [0, 0.1) is 0 Å². The zero-order valence-corrected chi connectivity index (χ0v) is 14.4. The molecule has 0 saturated carbocycles. The smallest absolute Gasteiger partial charge is 0.0997 e. The Hall–Kier alpha value is -1.65. The van der Waals surface area contributed by atoms with Crippen LogP contribution in [-0.4, -0.2) is 47.2 Å². The molecule has 1 atom stereocenters. The molecular weight excluding hydrogens is 284 g/mol. The molecule has 0 spiro atoms. The van der Waals surface area contributed by atoms with Crippen molar-refractivity contribution in [1.82, 2.24) is 19.8 Å². The quantitative estimate of drug-likeness (QED) is 0.876. The van der Waals surface area contributed by atoms with Crippen LogP contribution < -0.4 is 5.32 Å². The van der Waals surface area contributed by atoms with E-state index >= 15 is 0 Å². The van der Waals surface area contributed by atoms with Crippen molar-refractivity contribution in [2.45, 2.75) is 38.6 Å². The molecule has 1 aromatic rings. The molecule has 2 aliphatic heterocycles. The monoisotopic (exact) mass is 312 g/mol. The number of nitrogens with one attached hydrogen (secondary N) is 1. The Morgan fingerprint density at radius 2 is 2.30 bits per heavy atom. The summed E-state index contributed by atoms with van der Waals surface area (Å²) in [4.78, 5) is 7.27. The number of allylic oxidation sites excluding steroid dienone is 5. The number of nitrogens with zero attached hydrogens (tertiary/aromatic N) is 3. The summed E-state index contributed by atoms with van der Waals surface area (Å²) in [6.07, 6.45) is 12.7. The fourth-order valence-electron chi connectivity index (χ4n) is 3.71. The second-order valence-corrected chi connectivity index (χ2v) is 6.45. The van der Waals surface area contributed by atoms with Crippen LogP contribution >= 0.6 is 0 Å². The van der Waals surface area contributed by atoms with Crippen LogP contribution in [0.5, 0.6) is 0 Å². The van der Waals surface area contributed by atoms with Crippen LogP contribution in [0.2, 0.25) is 0 Å². The number of imidazole rings is 1. The Morgan fingerprint density at radius 3 is 3.00 bits per heavy atom. The number of likely N-dealkylation sites (tertiary alicyclic amines) is 1. The van der Waals surface area contributed by atoms with Crippen LogP contribution in [0.1, 0.15) is 31.2 Å². The number of hydrogen-bond acceptors (Lipinski definition) is 3. The van der Waals surface area contributed by atoms with Crippen molar-refractivity contribution in [3.05, 3.63) is 48.1 Å². The topological polar surface area (TPSA) is 33.1 Å². The molecule has 1 saturated heterocycles. The highest BCUT2D eigenvalue weighted by atomic mass is 15.2. The van der Waals surface area contributed by atoms with Gasteiger partial charge in [-0.25, -0.2) is 4.98 Å². The fraction of sp³-hybridized carbons (Fsp3) is 0.526. The highest BCUT2D eigenvalue weighted by Crippen LogP contribution is 2.28. The third-order valence-electron chi connectivity index (χ3n) is 5.09. The van der Waals surface area contributed by atoms with Gasteiger partial charge in [-0.3, -0.25) is 0 Å². The van der Waals surface area contributed by atoms with Crippen molar-refractivity contribution in [3.8, 4) is 0 Å². The summed E-state index contributed by atoms with van der Waals surface area (Å²) in [5, 5.41) is 3.38. The highest BCUT2D eigenvalue weighted by molar-refractivity contribution is 5.66. The average Bonchev–Trinajstić information content (AvgIpc) is 3.20. The Bertz CT molecular complexity index is 623. The number of rotatable bonds is 6. The van der Waals surface area contributed by atoms with E-state index in [0.717, 1.165) is 32.4 Å². The molecule has 3 rings (SSSR count). The molecule has 0 aromatic carbocycles. The van der Waals surface area contributed by atoms with Crippen molar-refractivity contribution >= 4 is 5.70 Å². The lowest BCUT2D eigenvalue weighted by atomic mass is 9.99. The van der Waals surface area contributed by atoms with Gasteiger partial charge in [0.1, 0.15) is 0 Å². The zero-order valence-electron chi connectivity index (χ0n) is 14.4. The van der Waals surface area contributed by atoms with E-state index in [2.05, 4.69) is 47.5 Å². The second kappa shape index (κ2) is 7.28. The van der Waals surface area contributed by atoms with Gasteiger partial charge in [0.2, 0.25) is 0 Å². The van der Waals surface area contributed by atoms with Gasteiger partial charge in [0, 0.05) is 36.9 Å². The summed E-state index contributed by atoms with van der Waals surface area (Å²) in [7, 11) is 2.06. The van der Waals surface area contributed by atoms with Gasteiger partial charge >= 0.3 is 0 Å². The number of hydrogen-bond donors (Lipinski definition) is 1. The molecule has 0 amide bonds.